The van der Waals surface area contributed by atoms with Crippen LogP contribution in [0.3, 0.4) is 0 Å². The summed E-state index contributed by atoms with van der Waals surface area (Å²) in [7, 11) is 4.36. The second kappa shape index (κ2) is 7.21. The fraction of sp³-hybridized carbons (Fsp3) is 0.647. The molecule has 1 aliphatic carbocycles. The van der Waals surface area contributed by atoms with E-state index >= 15 is 0 Å². The molecule has 1 aromatic carbocycles. The van der Waals surface area contributed by atoms with Gasteiger partial charge in [0.15, 0.2) is 0 Å². The zero-order valence-corrected chi connectivity index (χ0v) is 12.8. The lowest BCUT2D eigenvalue weighted by Gasteiger charge is -2.43. The standard InChI is InChI=1S/C17H28N2O/c1-19(2)17(11-7-4-8-12-17)14-18-13-16(20)15-9-5-3-6-10-15/h3,5-6,9-10,16,18,20H,4,7-8,11-14H2,1-2H3/t16-/m1/s1. The number of nitrogens with one attached hydrogen (secondary N) is 1. The number of nitrogens with zero attached hydrogens (tertiary/aromatic N) is 1. The van der Waals surface area contributed by atoms with Crippen molar-refractivity contribution in [1.82, 2.24) is 10.2 Å². The summed E-state index contributed by atoms with van der Waals surface area (Å²) in [5.74, 6) is 0. The molecule has 1 aromatic rings. The fourth-order valence-electron chi connectivity index (χ4n) is 3.23. The van der Waals surface area contributed by atoms with Crippen LogP contribution in [-0.2, 0) is 0 Å². The Kier molecular flexibility index (Phi) is 5.58. The van der Waals surface area contributed by atoms with E-state index < -0.39 is 6.10 Å². The summed E-state index contributed by atoms with van der Waals surface area (Å²) in [5.41, 5.74) is 1.26. The average molecular weight is 276 g/mol. The van der Waals surface area contributed by atoms with Crippen molar-refractivity contribution in [1.29, 1.82) is 0 Å². The van der Waals surface area contributed by atoms with Crippen LogP contribution in [0, 0.1) is 0 Å². The van der Waals surface area contributed by atoms with Crippen LogP contribution in [0.2, 0.25) is 0 Å². The monoisotopic (exact) mass is 276 g/mol. The van der Waals surface area contributed by atoms with Crippen LogP contribution in [0.5, 0.6) is 0 Å². The Hall–Kier alpha value is -0.900. The van der Waals surface area contributed by atoms with Crippen LogP contribution in [0.25, 0.3) is 0 Å². The summed E-state index contributed by atoms with van der Waals surface area (Å²) in [6.45, 7) is 1.59. The van der Waals surface area contributed by atoms with Gasteiger partial charge in [0.1, 0.15) is 0 Å². The van der Waals surface area contributed by atoms with E-state index in [1.807, 2.05) is 30.3 Å². The molecule has 2 N–H and O–H groups in total. The van der Waals surface area contributed by atoms with E-state index in [2.05, 4.69) is 24.3 Å². The number of aliphatic hydroxyl groups is 1. The molecule has 0 heterocycles. The van der Waals surface area contributed by atoms with E-state index in [-0.39, 0.29) is 5.54 Å². The zero-order chi connectivity index (χ0) is 14.4. The summed E-state index contributed by atoms with van der Waals surface area (Å²) in [5, 5.41) is 13.7. The SMILES string of the molecule is CN(C)C1(CNC[C@@H](O)c2ccccc2)CCCCC1. The van der Waals surface area contributed by atoms with Gasteiger partial charge in [-0.25, -0.2) is 0 Å². The van der Waals surface area contributed by atoms with E-state index in [1.54, 1.807) is 0 Å². The second-order valence-corrected chi connectivity index (χ2v) is 6.24. The first-order valence-corrected chi connectivity index (χ1v) is 7.75. The molecule has 2 rings (SSSR count). The number of hydrogen-bond donors (Lipinski definition) is 2. The molecule has 0 spiro atoms. The smallest absolute Gasteiger partial charge is 0.0914 e. The molecule has 0 saturated heterocycles. The Bertz CT molecular complexity index is 385. The van der Waals surface area contributed by atoms with Gasteiger partial charge < -0.3 is 15.3 Å². The summed E-state index contributed by atoms with van der Waals surface area (Å²) in [6.07, 6.45) is 6.10. The highest BCUT2D eigenvalue weighted by molar-refractivity contribution is 5.17. The molecule has 3 heteroatoms. The third-order valence-electron chi connectivity index (χ3n) is 4.71. The highest BCUT2D eigenvalue weighted by Crippen LogP contribution is 2.31. The molecule has 1 fully saturated rings. The Labute approximate surface area is 123 Å². The van der Waals surface area contributed by atoms with Crippen molar-refractivity contribution in [2.75, 3.05) is 27.2 Å². The maximum atomic E-state index is 10.2. The first kappa shape index (κ1) is 15.5. The average Bonchev–Trinajstić information content (AvgIpc) is 2.49. The van der Waals surface area contributed by atoms with Gasteiger partial charge in [0.05, 0.1) is 6.10 Å². The summed E-state index contributed by atoms with van der Waals surface area (Å²) < 4.78 is 0. The van der Waals surface area contributed by atoms with E-state index in [4.69, 9.17) is 0 Å². The van der Waals surface area contributed by atoms with E-state index in [0.717, 1.165) is 12.1 Å². The Morgan fingerprint density at radius 2 is 1.80 bits per heavy atom. The van der Waals surface area contributed by atoms with Crippen molar-refractivity contribution in [3.63, 3.8) is 0 Å². The van der Waals surface area contributed by atoms with Gasteiger partial charge in [0.25, 0.3) is 0 Å². The van der Waals surface area contributed by atoms with Gasteiger partial charge >= 0.3 is 0 Å². The molecule has 1 aliphatic rings. The first-order valence-electron chi connectivity index (χ1n) is 7.75. The largest absolute Gasteiger partial charge is 0.387 e. The topological polar surface area (TPSA) is 35.5 Å². The van der Waals surface area contributed by atoms with Crippen molar-refractivity contribution >= 4 is 0 Å². The third-order valence-corrected chi connectivity index (χ3v) is 4.71. The maximum absolute atomic E-state index is 10.2. The zero-order valence-electron chi connectivity index (χ0n) is 12.8. The molecule has 112 valence electrons. The van der Waals surface area contributed by atoms with E-state index in [0.29, 0.717) is 6.54 Å². The van der Waals surface area contributed by atoms with Gasteiger partial charge in [-0.15, -0.1) is 0 Å². The van der Waals surface area contributed by atoms with Gasteiger partial charge in [-0.1, -0.05) is 49.6 Å². The Morgan fingerprint density at radius 1 is 1.15 bits per heavy atom. The maximum Gasteiger partial charge on any atom is 0.0914 e. The van der Waals surface area contributed by atoms with Crippen LogP contribution < -0.4 is 5.32 Å². The fourth-order valence-corrected chi connectivity index (χ4v) is 3.23. The molecule has 20 heavy (non-hydrogen) atoms. The van der Waals surface area contributed by atoms with Crippen molar-refractivity contribution in [2.24, 2.45) is 0 Å². The van der Waals surface area contributed by atoms with E-state index in [1.165, 1.54) is 32.1 Å². The highest BCUT2D eigenvalue weighted by Gasteiger charge is 2.33. The van der Waals surface area contributed by atoms with Gasteiger partial charge in [0.2, 0.25) is 0 Å². The minimum absolute atomic E-state index is 0.272. The first-order chi connectivity index (χ1) is 9.64. The van der Waals surface area contributed by atoms with Crippen molar-refractivity contribution in [3.8, 4) is 0 Å². The lowest BCUT2D eigenvalue weighted by atomic mass is 9.80. The van der Waals surface area contributed by atoms with Crippen LogP contribution in [0.1, 0.15) is 43.8 Å². The van der Waals surface area contributed by atoms with Crippen molar-refractivity contribution in [2.45, 2.75) is 43.7 Å². The number of aliphatic hydroxyl groups excluding tert-OH is 1. The summed E-state index contributed by atoms with van der Waals surface area (Å²) in [6, 6.07) is 9.89. The molecule has 1 saturated carbocycles. The van der Waals surface area contributed by atoms with Crippen LogP contribution in [0.15, 0.2) is 30.3 Å². The van der Waals surface area contributed by atoms with Gasteiger partial charge in [-0.3, -0.25) is 0 Å². The molecular weight excluding hydrogens is 248 g/mol. The Balaban J connectivity index is 1.84. The van der Waals surface area contributed by atoms with Gasteiger partial charge in [-0.05, 0) is 32.5 Å². The third kappa shape index (κ3) is 3.81. The van der Waals surface area contributed by atoms with E-state index in [9.17, 15) is 5.11 Å². The number of hydrogen-bond acceptors (Lipinski definition) is 3. The second-order valence-electron chi connectivity index (χ2n) is 6.24. The van der Waals surface area contributed by atoms with Crippen LogP contribution in [-0.4, -0.2) is 42.7 Å². The molecule has 0 unspecified atom stereocenters. The molecule has 0 radical (unpaired) electrons. The quantitative estimate of drug-likeness (QED) is 0.838. The van der Waals surface area contributed by atoms with Crippen molar-refractivity contribution < 1.29 is 5.11 Å². The number of likely N-dealkylation sites (N-methyl/N-ethyl adjacent to an activating group) is 1. The highest BCUT2D eigenvalue weighted by atomic mass is 16.3. The van der Waals surface area contributed by atoms with Gasteiger partial charge in [-0.2, -0.15) is 0 Å². The number of benzene rings is 1. The minimum Gasteiger partial charge on any atom is -0.387 e. The molecule has 0 bridgehead atoms. The number of rotatable bonds is 6. The molecule has 3 nitrogen and oxygen atoms in total. The summed E-state index contributed by atoms with van der Waals surface area (Å²) in [4.78, 5) is 2.37. The molecule has 0 aromatic heterocycles. The van der Waals surface area contributed by atoms with Crippen LogP contribution >= 0.6 is 0 Å². The molecule has 1 atom stereocenters. The Morgan fingerprint density at radius 3 is 2.40 bits per heavy atom. The molecule has 0 aliphatic heterocycles. The lowest BCUT2D eigenvalue weighted by molar-refractivity contribution is 0.0911. The molecule has 0 amide bonds. The predicted molar refractivity (Wildman–Crippen MR) is 83.8 cm³/mol. The predicted octanol–water partition coefficient (Wildman–Crippen LogP) is 2.57. The van der Waals surface area contributed by atoms with Crippen molar-refractivity contribution in [3.05, 3.63) is 35.9 Å². The summed E-state index contributed by atoms with van der Waals surface area (Å²) >= 11 is 0. The normalized spacial score (nSPS) is 20.0. The molecular formula is C17H28N2O. The lowest BCUT2D eigenvalue weighted by Crippen LogP contribution is -2.53. The van der Waals surface area contributed by atoms with Crippen LogP contribution in [0.4, 0.5) is 0 Å². The van der Waals surface area contributed by atoms with Gasteiger partial charge in [0, 0.05) is 18.6 Å². The minimum atomic E-state index is -0.418.